The van der Waals surface area contributed by atoms with Crippen molar-refractivity contribution in [2.24, 2.45) is 5.10 Å². The molecule has 0 fully saturated rings. The first-order valence-electron chi connectivity index (χ1n) is 5.00. The first-order valence-corrected chi connectivity index (χ1v) is 5.79. The largest absolute Gasteiger partial charge is 0.330 e. The van der Waals surface area contributed by atoms with Crippen molar-refractivity contribution in [2.45, 2.75) is 13.3 Å². The number of amides is 1. The molecule has 0 aromatic heterocycles. The van der Waals surface area contributed by atoms with E-state index in [9.17, 15) is 4.79 Å². The third-order valence-electron chi connectivity index (χ3n) is 2.22. The number of para-hydroxylation sites is 1. The van der Waals surface area contributed by atoms with E-state index in [4.69, 9.17) is 23.8 Å². The van der Waals surface area contributed by atoms with E-state index in [1.165, 1.54) is 5.01 Å². The number of thiocarbonyl (C=S) groups is 1. The number of carbonyl (C=O) groups is 1. The molecule has 0 spiro atoms. The van der Waals surface area contributed by atoms with Crippen LogP contribution in [0.15, 0.2) is 29.4 Å². The van der Waals surface area contributed by atoms with Gasteiger partial charge in [-0.1, -0.05) is 23.7 Å². The monoisotopic (exact) mass is 267 g/mol. The molecule has 0 saturated heterocycles. The highest BCUT2D eigenvalue weighted by Gasteiger charge is 2.24. The van der Waals surface area contributed by atoms with Gasteiger partial charge in [0.25, 0.3) is 5.91 Å². The van der Waals surface area contributed by atoms with Crippen molar-refractivity contribution >= 4 is 46.2 Å². The van der Waals surface area contributed by atoms with Gasteiger partial charge in [-0.05, 0) is 31.3 Å². The summed E-state index contributed by atoms with van der Waals surface area (Å²) in [5, 5.41) is 8.92. The Balaban J connectivity index is 2.13. The van der Waals surface area contributed by atoms with Crippen LogP contribution < -0.4 is 5.32 Å². The second-order valence-corrected chi connectivity index (χ2v) is 4.42. The van der Waals surface area contributed by atoms with Gasteiger partial charge in [-0.25, -0.2) is 0 Å². The summed E-state index contributed by atoms with van der Waals surface area (Å²) in [5.41, 5.74) is 1.41. The van der Waals surface area contributed by atoms with Gasteiger partial charge in [0.05, 0.1) is 17.1 Å². The van der Waals surface area contributed by atoms with E-state index in [1.54, 1.807) is 19.1 Å². The minimum absolute atomic E-state index is 0.132. The van der Waals surface area contributed by atoms with E-state index < -0.39 is 0 Å². The Labute approximate surface area is 109 Å². The smallest absolute Gasteiger partial charge is 0.255 e. The van der Waals surface area contributed by atoms with Crippen LogP contribution >= 0.6 is 23.8 Å². The molecule has 4 nitrogen and oxygen atoms in total. The summed E-state index contributed by atoms with van der Waals surface area (Å²) in [7, 11) is 0. The van der Waals surface area contributed by atoms with Gasteiger partial charge in [0.15, 0.2) is 0 Å². The number of hydrogen-bond donors (Lipinski definition) is 1. The summed E-state index contributed by atoms with van der Waals surface area (Å²) < 4.78 is 0. The number of benzene rings is 1. The topological polar surface area (TPSA) is 44.7 Å². The lowest BCUT2D eigenvalue weighted by Gasteiger charge is -2.15. The summed E-state index contributed by atoms with van der Waals surface area (Å²) >= 11 is 11.1. The van der Waals surface area contributed by atoms with Crippen LogP contribution in [0.3, 0.4) is 0 Å². The zero-order valence-electron chi connectivity index (χ0n) is 9.11. The molecule has 1 N–H and O–H groups in total. The number of hydrogen-bond acceptors (Lipinski definition) is 3. The molecular formula is C11H10ClN3OS. The van der Waals surface area contributed by atoms with Crippen LogP contribution in [0, 0.1) is 0 Å². The first kappa shape index (κ1) is 12.0. The molecule has 0 unspecified atom stereocenters. The number of carbonyl (C=O) groups excluding carboxylic acids is 1. The van der Waals surface area contributed by atoms with Crippen LogP contribution in [0.2, 0.25) is 5.02 Å². The zero-order valence-corrected chi connectivity index (χ0v) is 10.7. The molecular weight excluding hydrogens is 258 g/mol. The highest BCUT2D eigenvalue weighted by Crippen LogP contribution is 2.21. The fourth-order valence-electron chi connectivity index (χ4n) is 1.44. The van der Waals surface area contributed by atoms with Crippen molar-refractivity contribution in [3.8, 4) is 0 Å². The van der Waals surface area contributed by atoms with Crippen molar-refractivity contribution in [3.63, 3.8) is 0 Å². The molecule has 6 heteroatoms. The molecule has 1 amide bonds. The van der Waals surface area contributed by atoms with Crippen LogP contribution in [-0.4, -0.2) is 21.7 Å². The molecule has 0 atom stereocenters. The van der Waals surface area contributed by atoms with Crippen LogP contribution in [0.5, 0.6) is 0 Å². The maximum absolute atomic E-state index is 11.6. The van der Waals surface area contributed by atoms with Gasteiger partial charge in [0, 0.05) is 5.71 Å². The summed E-state index contributed by atoms with van der Waals surface area (Å²) in [6.45, 7) is 1.79. The summed E-state index contributed by atoms with van der Waals surface area (Å²) in [6, 6.07) is 7.18. The molecule has 2 rings (SSSR count). The lowest BCUT2D eigenvalue weighted by Crippen LogP contribution is -2.32. The molecule has 1 aromatic rings. The molecule has 1 aliphatic heterocycles. The Morgan fingerprint density at radius 1 is 1.53 bits per heavy atom. The average Bonchev–Trinajstić information content (AvgIpc) is 2.61. The van der Waals surface area contributed by atoms with Gasteiger partial charge in [0.1, 0.15) is 0 Å². The molecule has 0 radical (unpaired) electrons. The lowest BCUT2D eigenvalue weighted by atomic mass is 10.3. The number of nitrogens with one attached hydrogen (secondary N) is 1. The van der Waals surface area contributed by atoms with E-state index in [1.807, 2.05) is 12.1 Å². The standard InChI is InChI=1S/C11H10ClN3OS/c1-7-6-10(16)15(14-7)11(17)13-9-5-3-2-4-8(9)12/h2-5H,6H2,1H3,(H,13,17). The van der Waals surface area contributed by atoms with E-state index in [0.29, 0.717) is 17.1 Å². The molecule has 1 aliphatic rings. The van der Waals surface area contributed by atoms with Gasteiger partial charge >= 0.3 is 0 Å². The van der Waals surface area contributed by atoms with Gasteiger partial charge < -0.3 is 5.32 Å². The third kappa shape index (κ3) is 2.62. The summed E-state index contributed by atoms with van der Waals surface area (Å²) in [5.74, 6) is -0.132. The van der Waals surface area contributed by atoms with Gasteiger partial charge in [0.2, 0.25) is 5.11 Å². The number of hydrazone groups is 1. The third-order valence-corrected chi connectivity index (χ3v) is 2.83. The van der Waals surface area contributed by atoms with Crippen molar-refractivity contribution in [1.82, 2.24) is 5.01 Å². The van der Waals surface area contributed by atoms with Crippen molar-refractivity contribution < 1.29 is 4.79 Å². The molecule has 1 aromatic carbocycles. The molecule has 1 heterocycles. The number of halogens is 1. The molecule has 17 heavy (non-hydrogen) atoms. The normalized spacial score (nSPS) is 14.8. The Hall–Kier alpha value is -1.46. The van der Waals surface area contributed by atoms with E-state index in [0.717, 1.165) is 5.71 Å². The maximum atomic E-state index is 11.6. The fraction of sp³-hybridized carbons (Fsp3) is 0.182. The molecule has 88 valence electrons. The quantitative estimate of drug-likeness (QED) is 0.796. The Bertz CT molecular complexity index is 515. The Kier molecular flexibility index (Phi) is 3.40. The molecule has 0 saturated carbocycles. The van der Waals surface area contributed by atoms with E-state index in [2.05, 4.69) is 10.4 Å². The van der Waals surface area contributed by atoms with Crippen molar-refractivity contribution in [2.75, 3.05) is 5.32 Å². The number of anilines is 1. The van der Waals surface area contributed by atoms with Crippen molar-refractivity contribution in [1.29, 1.82) is 0 Å². The van der Waals surface area contributed by atoms with Crippen molar-refractivity contribution in [3.05, 3.63) is 29.3 Å². The molecule has 0 bridgehead atoms. The highest BCUT2D eigenvalue weighted by atomic mass is 35.5. The van der Waals surface area contributed by atoms with Gasteiger partial charge in [-0.2, -0.15) is 10.1 Å². The Morgan fingerprint density at radius 2 is 2.24 bits per heavy atom. The predicted molar refractivity (Wildman–Crippen MR) is 72.2 cm³/mol. The zero-order chi connectivity index (χ0) is 12.4. The predicted octanol–water partition coefficient (Wildman–Crippen LogP) is 2.65. The summed E-state index contributed by atoms with van der Waals surface area (Å²) in [4.78, 5) is 11.6. The number of rotatable bonds is 1. The maximum Gasteiger partial charge on any atom is 0.255 e. The van der Waals surface area contributed by atoms with Crippen LogP contribution in [0.25, 0.3) is 0 Å². The van der Waals surface area contributed by atoms with Gasteiger partial charge in [-0.15, -0.1) is 0 Å². The van der Waals surface area contributed by atoms with E-state index in [-0.39, 0.29) is 11.0 Å². The van der Waals surface area contributed by atoms with Crippen LogP contribution in [0.4, 0.5) is 5.69 Å². The minimum atomic E-state index is -0.132. The minimum Gasteiger partial charge on any atom is -0.330 e. The lowest BCUT2D eigenvalue weighted by molar-refractivity contribution is -0.124. The van der Waals surface area contributed by atoms with E-state index >= 15 is 0 Å². The Morgan fingerprint density at radius 3 is 2.82 bits per heavy atom. The van der Waals surface area contributed by atoms with Crippen LogP contribution in [0.1, 0.15) is 13.3 Å². The summed E-state index contributed by atoms with van der Waals surface area (Å²) in [6.07, 6.45) is 0.310. The van der Waals surface area contributed by atoms with Gasteiger partial charge in [-0.3, -0.25) is 4.79 Å². The SMILES string of the molecule is CC1=NN(C(=S)Nc2ccccc2Cl)C(=O)C1. The van der Waals surface area contributed by atoms with Crippen LogP contribution in [-0.2, 0) is 4.79 Å². The highest BCUT2D eigenvalue weighted by molar-refractivity contribution is 7.80. The first-order chi connectivity index (χ1) is 8.08. The second kappa shape index (κ2) is 4.81. The fourth-order valence-corrected chi connectivity index (χ4v) is 1.88. The second-order valence-electron chi connectivity index (χ2n) is 3.63. The average molecular weight is 268 g/mol. The number of nitrogens with zero attached hydrogens (tertiary/aromatic N) is 2. The molecule has 0 aliphatic carbocycles.